The predicted octanol–water partition coefficient (Wildman–Crippen LogP) is 5.18. The highest BCUT2D eigenvalue weighted by Gasteiger charge is 2.30. The summed E-state index contributed by atoms with van der Waals surface area (Å²) >= 11 is 0. The third kappa shape index (κ3) is 3.48. The van der Waals surface area contributed by atoms with E-state index in [9.17, 15) is 5.11 Å². The van der Waals surface area contributed by atoms with Crippen LogP contribution in [0.5, 0.6) is 5.75 Å². The van der Waals surface area contributed by atoms with E-state index < -0.39 is 0 Å². The lowest BCUT2D eigenvalue weighted by atomic mass is 9.77. The zero-order chi connectivity index (χ0) is 16.7. The van der Waals surface area contributed by atoms with E-state index in [-0.39, 0.29) is 16.9 Å². The fourth-order valence-corrected chi connectivity index (χ4v) is 3.58. The molecule has 0 spiro atoms. The molecule has 0 heterocycles. The van der Waals surface area contributed by atoms with Crippen LogP contribution < -0.4 is 5.73 Å². The van der Waals surface area contributed by atoms with Gasteiger partial charge >= 0.3 is 0 Å². The van der Waals surface area contributed by atoms with Gasteiger partial charge in [0.25, 0.3) is 0 Å². The van der Waals surface area contributed by atoms with Gasteiger partial charge in [0.1, 0.15) is 5.75 Å². The monoisotopic (exact) mass is 303 g/mol. The summed E-state index contributed by atoms with van der Waals surface area (Å²) in [7, 11) is 0. The summed E-state index contributed by atoms with van der Waals surface area (Å²) in [4.78, 5) is 0. The summed E-state index contributed by atoms with van der Waals surface area (Å²) in [6.45, 7) is 12.9. The number of hydrogen-bond donors (Lipinski definition) is 2. The van der Waals surface area contributed by atoms with Gasteiger partial charge in [-0.3, -0.25) is 0 Å². The quantitative estimate of drug-likeness (QED) is 0.791. The Labute approximate surface area is 136 Å². The van der Waals surface area contributed by atoms with Crippen LogP contribution in [0.25, 0.3) is 0 Å². The average Bonchev–Trinajstić information content (AvgIpc) is 2.89. The first-order valence-electron chi connectivity index (χ1n) is 8.65. The number of benzene rings is 1. The third-order valence-electron chi connectivity index (χ3n) is 5.04. The Bertz CT molecular complexity index is 493. The van der Waals surface area contributed by atoms with Gasteiger partial charge in [-0.05, 0) is 58.4 Å². The molecule has 1 aromatic carbocycles. The topological polar surface area (TPSA) is 46.2 Å². The maximum atomic E-state index is 10.8. The normalized spacial score (nSPS) is 18.7. The van der Waals surface area contributed by atoms with Crippen LogP contribution in [0.2, 0.25) is 0 Å². The van der Waals surface area contributed by atoms with Crippen LogP contribution >= 0.6 is 0 Å². The van der Waals surface area contributed by atoms with Gasteiger partial charge < -0.3 is 10.8 Å². The van der Waals surface area contributed by atoms with Crippen molar-refractivity contribution in [3.05, 3.63) is 28.8 Å². The van der Waals surface area contributed by atoms with E-state index in [1.807, 2.05) is 0 Å². The summed E-state index contributed by atoms with van der Waals surface area (Å²) in [5.74, 6) is 1.03. The first-order chi connectivity index (χ1) is 10.0. The standard InChI is InChI=1S/C20H33NO/c1-19(2,3)15-11-14(17(21)13-9-7-8-10-13)12-16(18(15)22)20(4,5)6/h11-13,17,22H,7-10,21H2,1-6H3/t17-/m0/s1. The molecular weight excluding hydrogens is 270 g/mol. The van der Waals surface area contributed by atoms with Crippen LogP contribution in [0.15, 0.2) is 12.1 Å². The Morgan fingerprint density at radius 1 is 0.955 bits per heavy atom. The zero-order valence-electron chi connectivity index (χ0n) is 15.2. The summed E-state index contributed by atoms with van der Waals surface area (Å²) in [5.41, 5.74) is 9.65. The van der Waals surface area contributed by atoms with Crippen molar-refractivity contribution in [2.24, 2.45) is 11.7 Å². The van der Waals surface area contributed by atoms with E-state index in [4.69, 9.17) is 5.73 Å². The van der Waals surface area contributed by atoms with Gasteiger partial charge in [-0.1, -0.05) is 54.4 Å². The van der Waals surface area contributed by atoms with Crippen molar-refractivity contribution in [2.75, 3.05) is 0 Å². The molecule has 0 unspecified atom stereocenters. The van der Waals surface area contributed by atoms with Crippen LogP contribution in [0.3, 0.4) is 0 Å². The Balaban J connectivity index is 2.55. The molecular formula is C20H33NO. The molecule has 0 aliphatic heterocycles. The molecule has 1 aliphatic rings. The van der Waals surface area contributed by atoms with E-state index in [0.717, 1.165) is 11.1 Å². The molecule has 0 saturated heterocycles. The molecule has 22 heavy (non-hydrogen) atoms. The fraction of sp³-hybridized carbons (Fsp3) is 0.700. The van der Waals surface area contributed by atoms with Crippen LogP contribution in [-0.2, 0) is 10.8 Å². The predicted molar refractivity (Wildman–Crippen MR) is 94.4 cm³/mol. The van der Waals surface area contributed by atoms with Gasteiger partial charge in [0.15, 0.2) is 0 Å². The minimum Gasteiger partial charge on any atom is -0.507 e. The maximum Gasteiger partial charge on any atom is 0.123 e. The highest BCUT2D eigenvalue weighted by Crippen LogP contribution is 2.43. The SMILES string of the molecule is CC(C)(C)c1cc([C@@H](N)C2CCCC2)cc(C(C)(C)C)c1O. The van der Waals surface area contributed by atoms with Crippen LogP contribution in [-0.4, -0.2) is 5.11 Å². The molecule has 1 fully saturated rings. The lowest BCUT2D eigenvalue weighted by Crippen LogP contribution is -2.23. The van der Waals surface area contributed by atoms with Crippen molar-refractivity contribution >= 4 is 0 Å². The Hall–Kier alpha value is -1.02. The lowest BCUT2D eigenvalue weighted by molar-refractivity contribution is 0.415. The molecule has 1 aliphatic carbocycles. The number of phenols is 1. The number of aromatic hydroxyl groups is 1. The summed E-state index contributed by atoms with van der Waals surface area (Å²) < 4.78 is 0. The highest BCUT2D eigenvalue weighted by atomic mass is 16.3. The molecule has 0 aromatic heterocycles. The van der Waals surface area contributed by atoms with E-state index in [1.54, 1.807) is 0 Å². The summed E-state index contributed by atoms with van der Waals surface area (Å²) in [5, 5.41) is 10.8. The van der Waals surface area contributed by atoms with Crippen LogP contribution in [0.1, 0.15) is 90.0 Å². The summed E-state index contributed by atoms with van der Waals surface area (Å²) in [6, 6.07) is 4.38. The number of rotatable bonds is 2. The van der Waals surface area contributed by atoms with Crippen molar-refractivity contribution in [3.63, 3.8) is 0 Å². The van der Waals surface area contributed by atoms with Gasteiger partial charge in [-0.15, -0.1) is 0 Å². The second kappa shape index (κ2) is 5.88. The summed E-state index contributed by atoms with van der Waals surface area (Å²) in [6.07, 6.45) is 5.07. The van der Waals surface area contributed by atoms with Crippen molar-refractivity contribution < 1.29 is 5.11 Å². The number of nitrogens with two attached hydrogens (primary N) is 1. The van der Waals surface area contributed by atoms with E-state index >= 15 is 0 Å². The van der Waals surface area contributed by atoms with Crippen molar-refractivity contribution in [3.8, 4) is 5.75 Å². The third-order valence-corrected chi connectivity index (χ3v) is 5.04. The van der Waals surface area contributed by atoms with Crippen LogP contribution in [0, 0.1) is 5.92 Å². The molecule has 0 amide bonds. The number of phenolic OH excluding ortho intramolecular Hbond substituents is 1. The van der Waals surface area contributed by atoms with Gasteiger partial charge in [0.05, 0.1) is 0 Å². The van der Waals surface area contributed by atoms with Crippen molar-refractivity contribution in [2.45, 2.75) is 84.1 Å². The zero-order valence-corrected chi connectivity index (χ0v) is 15.2. The van der Waals surface area contributed by atoms with Crippen molar-refractivity contribution in [1.29, 1.82) is 0 Å². The minimum atomic E-state index is -0.0878. The van der Waals surface area contributed by atoms with Crippen LogP contribution in [0.4, 0.5) is 0 Å². The van der Waals surface area contributed by atoms with Gasteiger partial charge in [0.2, 0.25) is 0 Å². The van der Waals surface area contributed by atoms with E-state index in [1.165, 1.54) is 31.2 Å². The first kappa shape index (κ1) is 17.3. The van der Waals surface area contributed by atoms with Gasteiger partial charge in [0, 0.05) is 6.04 Å². The number of hydrogen-bond acceptors (Lipinski definition) is 2. The van der Waals surface area contributed by atoms with E-state index in [0.29, 0.717) is 11.7 Å². The average molecular weight is 303 g/mol. The fourth-order valence-electron chi connectivity index (χ4n) is 3.58. The second-order valence-corrected chi connectivity index (χ2v) is 9.03. The molecule has 2 nitrogen and oxygen atoms in total. The Kier molecular flexibility index (Phi) is 4.64. The van der Waals surface area contributed by atoms with Crippen molar-refractivity contribution in [1.82, 2.24) is 0 Å². The lowest BCUT2D eigenvalue weighted by Gasteiger charge is -2.30. The largest absolute Gasteiger partial charge is 0.507 e. The Morgan fingerprint density at radius 3 is 1.73 bits per heavy atom. The molecule has 2 rings (SSSR count). The molecule has 0 radical (unpaired) electrons. The molecule has 0 bridgehead atoms. The molecule has 1 saturated carbocycles. The molecule has 1 aromatic rings. The second-order valence-electron chi connectivity index (χ2n) is 9.03. The van der Waals surface area contributed by atoms with Gasteiger partial charge in [-0.2, -0.15) is 0 Å². The highest BCUT2D eigenvalue weighted by molar-refractivity contribution is 5.50. The van der Waals surface area contributed by atoms with Gasteiger partial charge in [-0.25, -0.2) is 0 Å². The maximum absolute atomic E-state index is 10.8. The van der Waals surface area contributed by atoms with E-state index in [2.05, 4.69) is 53.7 Å². The first-order valence-corrected chi connectivity index (χ1v) is 8.65. The minimum absolute atomic E-state index is 0.0878. The smallest absolute Gasteiger partial charge is 0.123 e. The molecule has 3 N–H and O–H groups in total. The molecule has 124 valence electrons. The molecule has 1 atom stereocenters. The molecule has 2 heteroatoms. The Morgan fingerprint density at radius 2 is 1.36 bits per heavy atom.